The lowest BCUT2D eigenvalue weighted by molar-refractivity contribution is -0.143. The molecule has 0 unspecified atom stereocenters. The van der Waals surface area contributed by atoms with E-state index < -0.39 is 0 Å². The molecule has 3 aromatic rings. The molecule has 0 atom stereocenters. The number of aryl methyl sites for hydroxylation is 1. The van der Waals surface area contributed by atoms with Crippen molar-refractivity contribution >= 4 is 29.4 Å². The van der Waals surface area contributed by atoms with Crippen LogP contribution in [0.5, 0.6) is 0 Å². The Hall–Kier alpha value is -2.53. The third kappa shape index (κ3) is 3.94. The van der Waals surface area contributed by atoms with Gasteiger partial charge in [0.2, 0.25) is 5.62 Å². The SMILES string of the molecule is CCOC(=O)Cn1c(=N)n(Cc2ccc(C)cc2)c2ccccc21.Cl. The quantitative estimate of drug-likeness (QED) is 0.711. The maximum absolute atomic E-state index is 11.9. The van der Waals surface area contributed by atoms with E-state index in [0.29, 0.717) is 18.8 Å². The summed E-state index contributed by atoms with van der Waals surface area (Å²) in [5, 5.41) is 8.51. The molecule has 1 heterocycles. The molecule has 0 bridgehead atoms. The van der Waals surface area contributed by atoms with Gasteiger partial charge in [0, 0.05) is 0 Å². The minimum atomic E-state index is -0.325. The Balaban J connectivity index is 0.00000225. The summed E-state index contributed by atoms with van der Waals surface area (Å²) in [4.78, 5) is 11.9. The fourth-order valence-electron chi connectivity index (χ4n) is 2.83. The Morgan fingerprint density at radius 3 is 2.24 bits per heavy atom. The van der Waals surface area contributed by atoms with Crippen LogP contribution in [0, 0.1) is 12.3 Å². The molecule has 1 aromatic heterocycles. The number of halogens is 1. The predicted molar refractivity (Wildman–Crippen MR) is 99.9 cm³/mol. The molecule has 25 heavy (non-hydrogen) atoms. The monoisotopic (exact) mass is 359 g/mol. The molecular weight excluding hydrogens is 338 g/mol. The number of nitrogens with one attached hydrogen (secondary N) is 1. The number of hydrogen-bond acceptors (Lipinski definition) is 3. The Labute approximate surface area is 152 Å². The summed E-state index contributed by atoms with van der Waals surface area (Å²) in [6.45, 7) is 4.82. The van der Waals surface area contributed by atoms with E-state index in [1.807, 2.05) is 28.8 Å². The molecule has 0 amide bonds. The van der Waals surface area contributed by atoms with Crippen molar-refractivity contribution < 1.29 is 9.53 Å². The van der Waals surface area contributed by atoms with E-state index in [0.717, 1.165) is 16.6 Å². The summed E-state index contributed by atoms with van der Waals surface area (Å²) in [5.74, 6) is -0.325. The maximum Gasteiger partial charge on any atom is 0.326 e. The highest BCUT2D eigenvalue weighted by Crippen LogP contribution is 2.15. The van der Waals surface area contributed by atoms with Crippen molar-refractivity contribution in [1.29, 1.82) is 5.41 Å². The first-order chi connectivity index (χ1) is 11.6. The van der Waals surface area contributed by atoms with Gasteiger partial charge in [0.25, 0.3) is 0 Å². The molecule has 1 N–H and O–H groups in total. The summed E-state index contributed by atoms with van der Waals surface area (Å²) >= 11 is 0. The molecule has 0 aliphatic carbocycles. The van der Waals surface area contributed by atoms with Crippen LogP contribution in [0.4, 0.5) is 0 Å². The first kappa shape index (κ1) is 18.8. The van der Waals surface area contributed by atoms with Gasteiger partial charge in [0.15, 0.2) is 0 Å². The second-order valence-corrected chi connectivity index (χ2v) is 5.78. The third-order valence-electron chi connectivity index (χ3n) is 4.03. The summed E-state index contributed by atoms with van der Waals surface area (Å²) in [6, 6.07) is 16.0. The Morgan fingerprint density at radius 2 is 1.64 bits per heavy atom. The molecule has 6 heteroatoms. The van der Waals surface area contributed by atoms with Gasteiger partial charge in [-0.05, 0) is 31.5 Å². The zero-order chi connectivity index (χ0) is 17.1. The summed E-state index contributed by atoms with van der Waals surface area (Å²) in [6.07, 6.45) is 0. The number of esters is 1. The van der Waals surface area contributed by atoms with Crippen molar-refractivity contribution in [2.24, 2.45) is 0 Å². The van der Waals surface area contributed by atoms with Gasteiger partial charge in [0.05, 0.1) is 24.2 Å². The highest BCUT2D eigenvalue weighted by molar-refractivity contribution is 5.85. The van der Waals surface area contributed by atoms with Crippen LogP contribution in [0.25, 0.3) is 11.0 Å². The summed E-state index contributed by atoms with van der Waals surface area (Å²) in [7, 11) is 0. The largest absolute Gasteiger partial charge is 0.465 e. The molecule has 0 spiro atoms. The molecule has 0 aliphatic rings. The molecule has 132 valence electrons. The van der Waals surface area contributed by atoms with Crippen molar-refractivity contribution in [1.82, 2.24) is 9.13 Å². The van der Waals surface area contributed by atoms with Crippen LogP contribution in [0.3, 0.4) is 0 Å². The standard InChI is InChI=1S/C19H21N3O2.ClH/c1-3-24-18(23)13-22-17-7-5-4-6-16(17)21(19(22)20)12-15-10-8-14(2)9-11-15;/h4-11,20H,3,12-13H2,1-2H3;1H. The highest BCUT2D eigenvalue weighted by Gasteiger charge is 2.14. The molecule has 0 saturated carbocycles. The fraction of sp³-hybridized carbons (Fsp3) is 0.263. The number of aromatic nitrogens is 2. The lowest BCUT2D eigenvalue weighted by atomic mass is 10.1. The van der Waals surface area contributed by atoms with Crippen molar-refractivity contribution in [2.45, 2.75) is 26.9 Å². The Morgan fingerprint density at radius 1 is 1.04 bits per heavy atom. The van der Waals surface area contributed by atoms with Crippen molar-refractivity contribution in [3.05, 3.63) is 65.3 Å². The van der Waals surface area contributed by atoms with Crippen LogP contribution in [-0.4, -0.2) is 21.7 Å². The van der Waals surface area contributed by atoms with E-state index in [4.69, 9.17) is 10.1 Å². The second kappa shape index (κ2) is 8.03. The predicted octanol–water partition coefficient (Wildman–Crippen LogP) is 3.26. The smallest absolute Gasteiger partial charge is 0.326 e. The van der Waals surface area contributed by atoms with Gasteiger partial charge in [-0.15, -0.1) is 12.4 Å². The van der Waals surface area contributed by atoms with Gasteiger partial charge in [-0.1, -0.05) is 42.0 Å². The van der Waals surface area contributed by atoms with Crippen LogP contribution in [0.2, 0.25) is 0 Å². The van der Waals surface area contributed by atoms with Crippen molar-refractivity contribution in [2.75, 3.05) is 6.61 Å². The highest BCUT2D eigenvalue weighted by atomic mass is 35.5. The number of para-hydroxylation sites is 2. The zero-order valence-electron chi connectivity index (χ0n) is 14.4. The fourth-order valence-corrected chi connectivity index (χ4v) is 2.83. The first-order valence-electron chi connectivity index (χ1n) is 8.04. The van der Waals surface area contributed by atoms with E-state index in [1.54, 1.807) is 11.5 Å². The van der Waals surface area contributed by atoms with Gasteiger partial charge in [-0.2, -0.15) is 0 Å². The van der Waals surface area contributed by atoms with Gasteiger partial charge < -0.3 is 9.30 Å². The third-order valence-corrected chi connectivity index (χ3v) is 4.03. The van der Waals surface area contributed by atoms with E-state index in [1.165, 1.54) is 5.56 Å². The minimum absolute atomic E-state index is 0. The van der Waals surface area contributed by atoms with E-state index in [-0.39, 0.29) is 24.9 Å². The van der Waals surface area contributed by atoms with Crippen molar-refractivity contribution in [3.8, 4) is 0 Å². The number of imidazole rings is 1. The maximum atomic E-state index is 11.9. The number of rotatable bonds is 5. The van der Waals surface area contributed by atoms with Gasteiger partial charge >= 0.3 is 5.97 Å². The van der Waals surface area contributed by atoms with Crippen LogP contribution in [0.1, 0.15) is 18.1 Å². The molecule has 0 fully saturated rings. The van der Waals surface area contributed by atoms with E-state index in [9.17, 15) is 4.79 Å². The lowest BCUT2D eigenvalue weighted by Gasteiger charge is -2.06. The van der Waals surface area contributed by atoms with Gasteiger partial charge in [-0.25, -0.2) is 0 Å². The lowest BCUT2D eigenvalue weighted by Crippen LogP contribution is -2.28. The number of hydrogen-bond donors (Lipinski definition) is 1. The molecule has 0 radical (unpaired) electrons. The molecule has 2 aromatic carbocycles. The molecule has 3 rings (SSSR count). The zero-order valence-corrected chi connectivity index (χ0v) is 15.2. The van der Waals surface area contributed by atoms with Crippen molar-refractivity contribution in [3.63, 3.8) is 0 Å². The second-order valence-electron chi connectivity index (χ2n) is 5.78. The molecular formula is C19H22ClN3O2. The summed E-state index contributed by atoms with van der Waals surface area (Å²) < 4.78 is 8.65. The topological polar surface area (TPSA) is 60.0 Å². The number of benzene rings is 2. The van der Waals surface area contributed by atoms with Crippen LogP contribution >= 0.6 is 12.4 Å². The number of fused-ring (bicyclic) bond motifs is 1. The van der Waals surface area contributed by atoms with Gasteiger partial charge in [0.1, 0.15) is 6.54 Å². The first-order valence-corrected chi connectivity index (χ1v) is 8.04. The number of carbonyl (C=O) groups excluding carboxylic acids is 1. The summed E-state index contributed by atoms with van der Waals surface area (Å²) in [5.41, 5.74) is 4.43. The van der Waals surface area contributed by atoms with Crippen LogP contribution in [0.15, 0.2) is 48.5 Å². The molecule has 5 nitrogen and oxygen atoms in total. The molecule has 0 aliphatic heterocycles. The molecule has 0 saturated heterocycles. The van der Waals surface area contributed by atoms with Gasteiger partial charge in [-0.3, -0.25) is 14.8 Å². The van der Waals surface area contributed by atoms with E-state index >= 15 is 0 Å². The normalized spacial score (nSPS) is 10.5. The van der Waals surface area contributed by atoms with Crippen LogP contribution in [-0.2, 0) is 22.6 Å². The number of ether oxygens (including phenoxy) is 1. The Kier molecular flexibility index (Phi) is 6.04. The van der Waals surface area contributed by atoms with E-state index in [2.05, 4.69) is 31.2 Å². The number of carbonyl (C=O) groups is 1. The minimum Gasteiger partial charge on any atom is -0.465 e. The van der Waals surface area contributed by atoms with Crippen LogP contribution < -0.4 is 5.62 Å². The number of nitrogens with zero attached hydrogens (tertiary/aromatic N) is 2. The average molecular weight is 360 g/mol. The average Bonchev–Trinajstić information content (AvgIpc) is 2.83. The Bertz CT molecular complexity index is 926.